The van der Waals surface area contributed by atoms with Crippen LogP contribution < -0.4 is 5.32 Å². The molecule has 1 atom stereocenters. The fraction of sp³-hybridized carbons (Fsp3) is 0.435. The van der Waals surface area contributed by atoms with E-state index in [2.05, 4.69) is 5.32 Å². The summed E-state index contributed by atoms with van der Waals surface area (Å²) in [5.74, 6) is -0.0985. The topological polar surface area (TPSA) is 66.5 Å². The molecule has 1 amide bonds. The Balaban J connectivity index is 1.79. The predicted octanol–water partition coefficient (Wildman–Crippen LogP) is 3.72. The monoisotopic (exact) mass is 414 g/mol. The van der Waals surface area contributed by atoms with Crippen LogP contribution in [0.1, 0.15) is 42.0 Å². The summed E-state index contributed by atoms with van der Waals surface area (Å²) in [7, 11) is -3.66. The fourth-order valence-electron chi connectivity index (χ4n) is 4.28. The molecule has 1 N–H and O–H groups in total. The molecule has 0 aromatic heterocycles. The molecule has 0 spiro atoms. The van der Waals surface area contributed by atoms with E-state index >= 15 is 0 Å². The first-order valence-electron chi connectivity index (χ1n) is 10.0. The van der Waals surface area contributed by atoms with Gasteiger partial charge >= 0.3 is 0 Å². The summed E-state index contributed by atoms with van der Waals surface area (Å²) < 4.78 is 28.3. The number of sulfonamides is 1. The molecular formula is C23H30N2O3S. The molecule has 1 aliphatic rings. The summed E-state index contributed by atoms with van der Waals surface area (Å²) in [6, 6.07) is 13.5. The third kappa shape index (κ3) is 4.54. The number of carbonyl (C=O) groups is 1. The molecule has 156 valence electrons. The highest BCUT2D eigenvalue weighted by molar-refractivity contribution is 7.89. The van der Waals surface area contributed by atoms with Crippen molar-refractivity contribution in [3.8, 4) is 0 Å². The Morgan fingerprint density at radius 3 is 2.34 bits per heavy atom. The molecule has 0 radical (unpaired) electrons. The van der Waals surface area contributed by atoms with E-state index < -0.39 is 15.4 Å². The van der Waals surface area contributed by atoms with Crippen molar-refractivity contribution in [2.75, 3.05) is 13.1 Å². The van der Waals surface area contributed by atoms with Gasteiger partial charge in [0.05, 0.1) is 10.3 Å². The largest absolute Gasteiger partial charge is 0.352 e. The van der Waals surface area contributed by atoms with E-state index in [1.807, 2.05) is 70.2 Å². The van der Waals surface area contributed by atoms with Gasteiger partial charge in [-0.2, -0.15) is 4.31 Å². The Labute approximate surface area is 174 Å². The third-order valence-corrected chi connectivity index (χ3v) is 7.86. The van der Waals surface area contributed by atoms with Crippen LogP contribution in [0.3, 0.4) is 0 Å². The minimum atomic E-state index is -3.66. The first-order chi connectivity index (χ1) is 13.6. The smallest absolute Gasteiger partial charge is 0.243 e. The van der Waals surface area contributed by atoms with Gasteiger partial charge < -0.3 is 5.32 Å². The highest BCUT2D eigenvalue weighted by Crippen LogP contribution is 2.34. The van der Waals surface area contributed by atoms with E-state index in [-0.39, 0.29) is 12.5 Å². The zero-order chi connectivity index (χ0) is 21.2. The van der Waals surface area contributed by atoms with Gasteiger partial charge in [-0.05, 0) is 57.2 Å². The van der Waals surface area contributed by atoms with Gasteiger partial charge in [-0.1, -0.05) is 48.0 Å². The summed E-state index contributed by atoms with van der Waals surface area (Å²) >= 11 is 0. The van der Waals surface area contributed by atoms with Crippen LogP contribution in [0.25, 0.3) is 0 Å². The minimum Gasteiger partial charge on any atom is -0.352 e. The van der Waals surface area contributed by atoms with Crippen molar-refractivity contribution >= 4 is 15.9 Å². The van der Waals surface area contributed by atoms with Crippen molar-refractivity contribution in [1.82, 2.24) is 9.62 Å². The molecule has 1 unspecified atom stereocenters. The number of aryl methyl sites for hydroxylation is 3. The maximum atomic E-state index is 13.4. The molecule has 1 saturated heterocycles. The second-order valence-corrected chi connectivity index (χ2v) is 10.3. The Kier molecular flexibility index (Phi) is 6.15. The Morgan fingerprint density at radius 2 is 1.72 bits per heavy atom. The standard InChI is InChI=1S/C23H30N2O3S/c1-17-13-18(2)21(19(3)14-17)29(27,28)25-12-8-11-23(4,16-25)22(26)24-15-20-9-6-5-7-10-20/h5-7,9-10,13-14H,8,11-12,15-16H2,1-4H3,(H,24,26). The average Bonchev–Trinajstić information content (AvgIpc) is 2.66. The number of carbonyl (C=O) groups excluding carboxylic acids is 1. The Morgan fingerprint density at radius 1 is 1.10 bits per heavy atom. The highest BCUT2D eigenvalue weighted by atomic mass is 32.2. The van der Waals surface area contributed by atoms with Gasteiger partial charge in [0.25, 0.3) is 0 Å². The highest BCUT2D eigenvalue weighted by Gasteiger charge is 2.42. The number of nitrogens with zero attached hydrogens (tertiary/aromatic N) is 1. The van der Waals surface area contributed by atoms with Gasteiger partial charge in [-0.3, -0.25) is 4.79 Å². The summed E-state index contributed by atoms with van der Waals surface area (Å²) in [6.45, 7) is 8.58. The van der Waals surface area contributed by atoms with Gasteiger partial charge in [-0.15, -0.1) is 0 Å². The number of piperidine rings is 1. The van der Waals surface area contributed by atoms with Crippen molar-refractivity contribution < 1.29 is 13.2 Å². The van der Waals surface area contributed by atoms with Crippen molar-refractivity contribution in [2.45, 2.75) is 52.0 Å². The summed E-state index contributed by atoms with van der Waals surface area (Å²) in [4.78, 5) is 13.3. The maximum Gasteiger partial charge on any atom is 0.243 e. The van der Waals surface area contributed by atoms with Crippen LogP contribution in [-0.2, 0) is 21.4 Å². The van der Waals surface area contributed by atoms with E-state index in [9.17, 15) is 13.2 Å². The molecule has 2 aromatic carbocycles. The molecule has 0 bridgehead atoms. The van der Waals surface area contributed by atoms with Crippen LogP contribution >= 0.6 is 0 Å². The first kappa shape index (κ1) is 21.5. The molecule has 0 saturated carbocycles. The van der Waals surface area contributed by atoms with Crippen molar-refractivity contribution in [1.29, 1.82) is 0 Å². The van der Waals surface area contributed by atoms with Gasteiger partial charge in [0.15, 0.2) is 0 Å². The summed E-state index contributed by atoms with van der Waals surface area (Å²) in [5, 5.41) is 2.99. The number of amides is 1. The van der Waals surface area contributed by atoms with E-state index in [0.717, 1.165) is 22.3 Å². The third-order valence-electron chi connectivity index (χ3n) is 5.71. The van der Waals surface area contributed by atoms with Gasteiger partial charge in [-0.25, -0.2) is 8.42 Å². The van der Waals surface area contributed by atoms with Crippen LogP contribution in [0, 0.1) is 26.2 Å². The maximum absolute atomic E-state index is 13.4. The number of nitrogens with one attached hydrogen (secondary N) is 1. The normalized spacial score (nSPS) is 20.4. The molecule has 1 fully saturated rings. The van der Waals surface area contributed by atoms with E-state index in [1.54, 1.807) is 0 Å². The van der Waals surface area contributed by atoms with Gasteiger partial charge in [0.1, 0.15) is 0 Å². The molecule has 1 aliphatic heterocycles. The molecule has 3 rings (SSSR count). The lowest BCUT2D eigenvalue weighted by atomic mass is 9.82. The van der Waals surface area contributed by atoms with Gasteiger partial charge in [0, 0.05) is 19.6 Å². The number of hydrogen-bond donors (Lipinski definition) is 1. The number of rotatable bonds is 5. The van der Waals surface area contributed by atoms with Crippen LogP contribution in [0.15, 0.2) is 47.4 Å². The number of benzene rings is 2. The van der Waals surface area contributed by atoms with Gasteiger partial charge in [0.2, 0.25) is 15.9 Å². The number of hydrogen-bond acceptors (Lipinski definition) is 3. The summed E-state index contributed by atoms with van der Waals surface area (Å²) in [6.07, 6.45) is 1.34. The lowest BCUT2D eigenvalue weighted by Crippen LogP contribution is -2.51. The molecule has 29 heavy (non-hydrogen) atoms. The van der Waals surface area contributed by atoms with Crippen molar-refractivity contribution in [2.24, 2.45) is 5.41 Å². The van der Waals surface area contributed by atoms with E-state index in [1.165, 1.54) is 4.31 Å². The lowest BCUT2D eigenvalue weighted by Gasteiger charge is -2.39. The molecule has 1 heterocycles. The predicted molar refractivity (Wildman–Crippen MR) is 115 cm³/mol. The van der Waals surface area contributed by atoms with E-state index in [4.69, 9.17) is 0 Å². The lowest BCUT2D eigenvalue weighted by molar-refractivity contribution is -0.132. The van der Waals surface area contributed by atoms with Crippen molar-refractivity contribution in [3.63, 3.8) is 0 Å². The van der Waals surface area contributed by atoms with Crippen LogP contribution in [0.5, 0.6) is 0 Å². The molecule has 0 aliphatic carbocycles. The molecular weight excluding hydrogens is 384 g/mol. The van der Waals surface area contributed by atoms with E-state index in [0.29, 0.717) is 30.8 Å². The second-order valence-electron chi connectivity index (χ2n) is 8.40. The summed E-state index contributed by atoms with van der Waals surface area (Å²) in [5.41, 5.74) is 2.83. The average molecular weight is 415 g/mol. The van der Waals surface area contributed by atoms with Crippen molar-refractivity contribution in [3.05, 3.63) is 64.7 Å². The molecule has 5 nitrogen and oxygen atoms in total. The van der Waals surface area contributed by atoms with Crippen LogP contribution in [0.2, 0.25) is 0 Å². The zero-order valence-corrected chi connectivity index (χ0v) is 18.5. The van der Waals surface area contributed by atoms with Crippen LogP contribution in [0.4, 0.5) is 0 Å². The van der Waals surface area contributed by atoms with Crippen LogP contribution in [-0.4, -0.2) is 31.7 Å². The fourth-order valence-corrected chi connectivity index (χ4v) is 6.29. The molecule has 2 aromatic rings. The SMILES string of the molecule is Cc1cc(C)c(S(=O)(=O)N2CCCC(C)(C(=O)NCc3ccccc3)C2)c(C)c1. The zero-order valence-electron chi connectivity index (χ0n) is 17.7. The Hall–Kier alpha value is -2.18. The second kappa shape index (κ2) is 8.28. The first-order valence-corrected chi connectivity index (χ1v) is 11.5. The molecule has 6 heteroatoms. The quantitative estimate of drug-likeness (QED) is 0.811. The minimum absolute atomic E-state index is 0.0985. The Bertz CT molecular complexity index is 979.